The van der Waals surface area contributed by atoms with Crippen LogP contribution in [0.5, 0.6) is 0 Å². The molecule has 0 fully saturated rings. The highest BCUT2D eigenvalue weighted by molar-refractivity contribution is 9.10. The number of alkyl halides is 1. The number of halogens is 2. The van der Waals surface area contributed by atoms with Crippen LogP contribution in [0.4, 0.5) is 0 Å². The molecule has 0 atom stereocenters. The summed E-state index contributed by atoms with van der Waals surface area (Å²) in [6.07, 6.45) is 0. The third kappa shape index (κ3) is 2.08. The number of rotatable bonds is 2. The average molecular weight is 286 g/mol. The van der Waals surface area contributed by atoms with Gasteiger partial charge in [0.25, 0.3) is 0 Å². The summed E-state index contributed by atoms with van der Waals surface area (Å²) in [6, 6.07) is 8.02. The number of nitrogens with zero attached hydrogens (tertiary/aromatic N) is 1. The van der Waals surface area contributed by atoms with E-state index < -0.39 is 0 Å². The Morgan fingerprint density at radius 2 is 2.13 bits per heavy atom. The minimum atomic E-state index is 0.408. The summed E-state index contributed by atoms with van der Waals surface area (Å²) in [5.41, 5.74) is 3.08. The molecule has 0 aliphatic rings. The zero-order chi connectivity index (χ0) is 10.8. The fourth-order valence-electron chi connectivity index (χ4n) is 1.50. The standard InChI is InChI=1S/C11H10BrClN2/c1-7-11(15-10(6-13)14-7)8-4-2-3-5-9(8)12/h2-5H,6H2,1H3,(H,14,15). The second-order valence-electron chi connectivity index (χ2n) is 3.27. The predicted molar refractivity (Wildman–Crippen MR) is 66.0 cm³/mol. The summed E-state index contributed by atoms with van der Waals surface area (Å²) in [5.74, 6) is 1.21. The molecule has 0 aliphatic carbocycles. The van der Waals surface area contributed by atoms with Crippen molar-refractivity contribution in [1.82, 2.24) is 9.97 Å². The molecule has 78 valence electrons. The Kier molecular flexibility index (Phi) is 3.12. The van der Waals surface area contributed by atoms with E-state index in [0.29, 0.717) is 5.88 Å². The van der Waals surface area contributed by atoms with Crippen molar-refractivity contribution in [2.24, 2.45) is 0 Å². The Balaban J connectivity index is 2.54. The summed E-state index contributed by atoms with van der Waals surface area (Å²) in [4.78, 5) is 7.60. The summed E-state index contributed by atoms with van der Waals surface area (Å²) >= 11 is 9.25. The molecule has 4 heteroatoms. The van der Waals surface area contributed by atoms with E-state index in [1.54, 1.807) is 0 Å². The van der Waals surface area contributed by atoms with E-state index in [4.69, 9.17) is 11.6 Å². The van der Waals surface area contributed by atoms with Crippen molar-refractivity contribution >= 4 is 27.5 Å². The number of H-pyrrole nitrogens is 1. The normalized spacial score (nSPS) is 10.6. The Bertz CT molecular complexity index is 479. The van der Waals surface area contributed by atoms with Crippen LogP contribution in [-0.4, -0.2) is 9.97 Å². The molecular formula is C11H10BrClN2. The number of hydrogen-bond acceptors (Lipinski definition) is 1. The van der Waals surface area contributed by atoms with Gasteiger partial charge in [-0.25, -0.2) is 4.98 Å². The molecule has 0 amide bonds. The van der Waals surface area contributed by atoms with Crippen molar-refractivity contribution in [2.75, 3.05) is 0 Å². The molecule has 1 aromatic heterocycles. The average Bonchev–Trinajstić information content (AvgIpc) is 2.60. The topological polar surface area (TPSA) is 28.7 Å². The van der Waals surface area contributed by atoms with Gasteiger partial charge < -0.3 is 4.98 Å². The highest BCUT2D eigenvalue weighted by Crippen LogP contribution is 2.28. The quantitative estimate of drug-likeness (QED) is 0.833. The van der Waals surface area contributed by atoms with Crippen LogP contribution in [0.2, 0.25) is 0 Å². The van der Waals surface area contributed by atoms with Gasteiger partial charge >= 0.3 is 0 Å². The number of benzene rings is 1. The summed E-state index contributed by atoms with van der Waals surface area (Å²) < 4.78 is 1.04. The van der Waals surface area contributed by atoms with Crippen molar-refractivity contribution in [3.8, 4) is 11.3 Å². The van der Waals surface area contributed by atoms with Crippen LogP contribution in [0.25, 0.3) is 11.3 Å². The van der Waals surface area contributed by atoms with Gasteiger partial charge in [-0.05, 0) is 13.0 Å². The highest BCUT2D eigenvalue weighted by Gasteiger charge is 2.10. The third-order valence-corrected chi connectivity index (χ3v) is 3.13. The second-order valence-corrected chi connectivity index (χ2v) is 4.39. The molecule has 0 bridgehead atoms. The molecule has 0 aliphatic heterocycles. The first-order valence-corrected chi connectivity index (χ1v) is 5.91. The van der Waals surface area contributed by atoms with Crippen LogP contribution in [-0.2, 0) is 5.88 Å². The van der Waals surface area contributed by atoms with E-state index >= 15 is 0 Å². The lowest BCUT2D eigenvalue weighted by molar-refractivity contribution is 1.10. The first kappa shape index (κ1) is 10.7. The zero-order valence-electron chi connectivity index (χ0n) is 8.22. The van der Waals surface area contributed by atoms with E-state index in [0.717, 1.165) is 27.2 Å². The maximum atomic E-state index is 5.73. The van der Waals surface area contributed by atoms with Crippen molar-refractivity contribution in [1.29, 1.82) is 0 Å². The Morgan fingerprint density at radius 1 is 1.40 bits per heavy atom. The van der Waals surface area contributed by atoms with E-state index in [2.05, 4.69) is 25.9 Å². The summed E-state index contributed by atoms with van der Waals surface area (Å²) in [5, 5.41) is 0. The van der Waals surface area contributed by atoms with Gasteiger partial charge in [-0.15, -0.1) is 11.6 Å². The van der Waals surface area contributed by atoms with Crippen molar-refractivity contribution in [3.63, 3.8) is 0 Å². The first-order valence-electron chi connectivity index (χ1n) is 4.58. The van der Waals surface area contributed by atoms with Crippen molar-refractivity contribution in [3.05, 3.63) is 40.3 Å². The fourth-order valence-corrected chi connectivity index (χ4v) is 2.10. The molecule has 1 N–H and O–H groups in total. The SMILES string of the molecule is Cc1[nH]c(CCl)nc1-c1ccccc1Br. The van der Waals surface area contributed by atoms with Gasteiger partial charge in [0.15, 0.2) is 0 Å². The molecule has 0 saturated carbocycles. The van der Waals surface area contributed by atoms with E-state index in [9.17, 15) is 0 Å². The minimum absolute atomic E-state index is 0.408. The second kappa shape index (κ2) is 4.37. The number of aryl methyl sites for hydroxylation is 1. The highest BCUT2D eigenvalue weighted by atomic mass is 79.9. The molecule has 2 aromatic rings. The van der Waals surface area contributed by atoms with Gasteiger partial charge in [-0.2, -0.15) is 0 Å². The molecule has 0 spiro atoms. The van der Waals surface area contributed by atoms with Gasteiger partial charge in [0.2, 0.25) is 0 Å². The first-order chi connectivity index (χ1) is 7.22. The number of aromatic amines is 1. The largest absolute Gasteiger partial charge is 0.345 e. The van der Waals surface area contributed by atoms with Crippen LogP contribution in [0.15, 0.2) is 28.7 Å². The molecule has 0 radical (unpaired) electrons. The van der Waals surface area contributed by atoms with Crippen molar-refractivity contribution in [2.45, 2.75) is 12.8 Å². The summed E-state index contributed by atoms with van der Waals surface area (Å²) in [7, 11) is 0. The van der Waals surface area contributed by atoms with Crippen LogP contribution in [0.3, 0.4) is 0 Å². The number of imidazole rings is 1. The van der Waals surface area contributed by atoms with E-state index in [-0.39, 0.29) is 0 Å². The lowest BCUT2D eigenvalue weighted by Crippen LogP contribution is -1.82. The lowest BCUT2D eigenvalue weighted by Gasteiger charge is -2.00. The van der Waals surface area contributed by atoms with Crippen LogP contribution in [0.1, 0.15) is 11.5 Å². The fraction of sp³-hybridized carbons (Fsp3) is 0.182. The Hall–Kier alpha value is -0.800. The maximum absolute atomic E-state index is 5.73. The molecule has 15 heavy (non-hydrogen) atoms. The Morgan fingerprint density at radius 3 is 2.73 bits per heavy atom. The third-order valence-electron chi connectivity index (χ3n) is 2.19. The molecule has 2 rings (SSSR count). The van der Waals surface area contributed by atoms with Crippen LogP contribution in [0, 0.1) is 6.92 Å². The number of nitrogens with one attached hydrogen (secondary N) is 1. The van der Waals surface area contributed by atoms with Crippen molar-refractivity contribution < 1.29 is 0 Å². The molecule has 1 aromatic carbocycles. The zero-order valence-corrected chi connectivity index (χ0v) is 10.6. The monoisotopic (exact) mass is 284 g/mol. The Labute approximate surface area is 102 Å². The van der Waals surface area contributed by atoms with Gasteiger partial charge in [-0.1, -0.05) is 34.1 Å². The molecular weight excluding hydrogens is 275 g/mol. The molecule has 1 heterocycles. The molecule has 2 nitrogen and oxygen atoms in total. The van der Waals surface area contributed by atoms with Gasteiger partial charge in [-0.3, -0.25) is 0 Å². The minimum Gasteiger partial charge on any atom is -0.345 e. The van der Waals surface area contributed by atoms with Crippen LogP contribution < -0.4 is 0 Å². The van der Waals surface area contributed by atoms with Gasteiger partial charge in [0, 0.05) is 15.7 Å². The summed E-state index contributed by atoms with van der Waals surface area (Å²) in [6.45, 7) is 2.00. The smallest absolute Gasteiger partial charge is 0.121 e. The number of hydrogen-bond donors (Lipinski definition) is 1. The van der Waals surface area contributed by atoms with E-state index in [1.807, 2.05) is 31.2 Å². The van der Waals surface area contributed by atoms with Crippen LogP contribution >= 0.6 is 27.5 Å². The van der Waals surface area contributed by atoms with E-state index in [1.165, 1.54) is 0 Å². The van der Waals surface area contributed by atoms with Gasteiger partial charge in [0.1, 0.15) is 5.82 Å². The lowest BCUT2D eigenvalue weighted by atomic mass is 10.1. The maximum Gasteiger partial charge on any atom is 0.121 e. The molecule has 0 saturated heterocycles. The molecule has 0 unspecified atom stereocenters. The number of aromatic nitrogens is 2. The predicted octanol–water partition coefficient (Wildman–Crippen LogP) is 3.89. The van der Waals surface area contributed by atoms with Gasteiger partial charge in [0.05, 0.1) is 11.6 Å².